The van der Waals surface area contributed by atoms with E-state index >= 15 is 0 Å². The zero-order valence-corrected chi connectivity index (χ0v) is 19.7. The predicted octanol–water partition coefficient (Wildman–Crippen LogP) is 3.50. The third-order valence-corrected chi connectivity index (χ3v) is 5.22. The number of hydrogen-bond donors (Lipinski definition) is 1. The number of alkyl halides is 3. The molecule has 30 heavy (non-hydrogen) atoms. The van der Waals surface area contributed by atoms with Crippen molar-refractivity contribution in [1.82, 2.24) is 15.1 Å². The molecule has 2 aliphatic rings. The van der Waals surface area contributed by atoms with Gasteiger partial charge < -0.3 is 19.7 Å². The van der Waals surface area contributed by atoms with Gasteiger partial charge in [-0.1, -0.05) is 12.1 Å². The number of nitrogens with zero attached hydrogens (tertiary/aromatic N) is 3. The van der Waals surface area contributed by atoms with Crippen LogP contribution in [0.15, 0.2) is 23.2 Å². The molecule has 1 atom stereocenters. The molecule has 2 aliphatic heterocycles. The fourth-order valence-electron chi connectivity index (χ4n) is 3.49. The van der Waals surface area contributed by atoms with Gasteiger partial charge in [0.1, 0.15) is 6.04 Å². The zero-order valence-electron chi connectivity index (χ0n) is 17.4. The highest BCUT2D eigenvalue weighted by Crippen LogP contribution is 2.33. The second-order valence-electron chi connectivity index (χ2n) is 7.21. The number of nitrogens with one attached hydrogen (secondary N) is 1. The minimum absolute atomic E-state index is 0. The van der Waals surface area contributed by atoms with Gasteiger partial charge in [0.05, 0.1) is 19.8 Å². The quantitative estimate of drug-likeness (QED) is 0.359. The highest BCUT2D eigenvalue weighted by Gasteiger charge is 2.41. The monoisotopic (exact) mass is 542 g/mol. The van der Waals surface area contributed by atoms with E-state index < -0.39 is 12.2 Å². The Bertz CT molecular complexity index is 710. The van der Waals surface area contributed by atoms with Crippen LogP contribution in [0.5, 0.6) is 11.5 Å². The van der Waals surface area contributed by atoms with Crippen molar-refractivity contribution in [3.8, 4) is 11.5 Å². The summed E-state index contributed by atoms with van der Waals surface area (Å²) in [6.07, 6.45) is -3.37. The number of halogens is 4. The number of benzene rings is 1. The molecule has 10 heteroatoms. The van der Waals surface area contributed by atoms with Gasteiger partial charge in [-0.15, -0.1) is 24.0 Å². The molecule has 1 aromatic rings. The molecule has 0 radical (unpaired) electrons. The van der Waals surface area contributed by atoms with Gasteiger partial charge in [0, 0.05) is 44.7 Å². The van der Waals surface area contributed by atoms with Crippen LogP contribution >= 0.6 is 24.0 Å². The first kappa shape index (κ1) is 24.8. The molecule has 0 amide bonds. The molecule has 3 rings (SSSR count). The van der Waals surface area contributed by atoms with Crippen molar-refractivity contribution in [2.75, 3.05) is 45.9 Å². The molecule has 1 N–H and O–H groups in total. The zero-order chi connectivity index (χ0) is 20.9. The maximum atomic E-state index is 13.0. The number of ether oxygens (including phenoxy) is 2. The minimum Gasteiger partial charge on any atom is -0.490 e. The van der Waals surface area contributed by atoms with Crippen molar-refractivity contribution in [2.45, 2.75) is 39.0 Å². The van der Waals surface area contributed by atoms with Crippen LogP contribution in [-0.4, -0.2) is 73.9 Å². The molecule has 6 nitrogen and oxygen atoms in total. The summed E-state index contributed by atoms with van der Waals surface area (Å²) in [7, 11) is 0. The number of aliphatic imine (C=N–C) groups is 1. The molecule has 0 spiro atoms. The Morgan fingerprint density at radius 2 is 1.87 bits per heavy atom. The molecule has 0 saturated carbocycles. The molecule has 1 saturated heterocycles. The van der Waals surface area contributed by atoms with Gasteiger partial charge in [-0.2, -0.15) is 13.2 Å². The van der Waals surface area contributed by atoms with Crippen molar-refractivity contribution >= 4 is 29.9 Å². The van der Waals surface area contributed by atoms with E-state index in [1.165, 1.54) is 11.8 Å². The largest absolute Gasteiger partial charge is 0.490 e. The van der Waals surface area contributed by atoms with Crippen LogP contribution in [0.3, 0.4) is 0 Å². The fourth-order valence-corrected chi connectivity index (χ4v) is 3.49. The van der Waals surface area contributed by atoms with Crippen molar-refractivity contribution in [2.24, 2.45) is 4.99 Å². The lowest BCUT2D eigenvalue weighted by Crippen LogP contribution is -2.56. The number of para-hydroxylation sites is 1. The fraction of sp³-hybridized carbons (Fsp3) is 0.650. The van der Waals surface area contributed by atoms with Crippen molar-refractivity contribution in [1.29, 1.82) is 0 Å². The van der Waals surface area contributed by atoms with Crippen LogP contribution < -0.4 is 14.8 Å². The van der Waals surface area contributed by atoms with Crippen LogP contribution in [0.4, 0.5) is 13.2 Å². The SMILES string of the molecule is CCNC(=NCc1cccc2c1OCCCO2)N1CCN(C(C)C(F)(F)F)CC1.I. The first-order valence-corrected chi connectivity index (χ1v) is 10.1. The first-order valence-electron chi connectivity index (χ1n) is 10.1. The van der Waals surface area contributed by atoms with Gasteiger partial charge in [-0.25, -0.2) is 4.99 Å². The molecule has 170 valence electrons. The van der Waals surface area contributed by atoms with Gasteiger partial charge in [-0.05, 0) is 19.9 Å². The summed E-state index contributed by atoms with van der Waals surface area (Å²) in [6.45, 7) is 7.22. The van der Waals surface area contributed by atoms with E-state index in [0.717, 1.165) is 23.5 Å². The number of rotatable bonds is 4. The van der Waals surface area contributed by atoms with Crippen molar-refractivity contribution in [3.63, 3.8) is 0 Å². The Labute approximate surface area is 192 Å². The normalized spacial score (nSPS) is 19.0. The molecule has 0 aromatic heterocycles. The lowest BCUT2D eigenvalue weighted by Gasteiger charge is -2.39. The lowest BCUT2D eigenvalue weighted by atomic mass is 10.2. The van der Waals surface area contributed by atoms with Gasteiger partial charge in [0.2, 0.25) is 0 Å². The van der Waals surface area contributed by atoms with Gasteiger partial charge >= 0.3 is 6.18 Å². The summed E-state index contributed by atoms with van der Waals surface area (Å²) in [5.74, 6) is 2.17. The average Bonchev–Trinajstić information content (AvgIpc) is 2.96. The van der Waals surface area contributed by atoms with E-state index in [1.807, 2.05) is 30.0 Å². The van der Waals surface area contributed by atoms with Crippen molar-refractivity contribution in [3.05, 3.63) is 23.8 Å². The van der Waals surface area contributed by atoms with Crippen molar-refractivity contribution < 1.29 is 22.6 Å². The van der Waals surface area contributed by atoms with E-state index in [1.54, 1.807) is 0 Å². The molecular formula is C20H30F3IN4O2. The summed E-state index contributed by atoms with van der Waals surface area (Å²) < 4.78 is 50.5. The third kappa shape index (κ3) is 6.29. The standard InChI is InChI=1S/C20H29F3N4O2.HI/c1-3-24-19(27-10-8-26(9-11-27)15(2)20(21,22)23)25-14-16-6-4-7-17-18(16)29-13-5-12-28-17;/h4,6-7,15H,3,5,8-14H2,1-2H3,(H,24,25);1H. The second kappa shape index (κ2) is 11.3. The Balaban J connectivity index is 0.00000320. The number of hydrogen-bond acceptors (Lipinski definition) is 4. The second-order valence-corrected chi connectivity index (χ2v) is 7.21. The number of guanidine groups is 1. The van der Waals surface area contributed by atoms with Gasteiger partial charge in [0.25, 0.3) is 0 Å². The van der Waals surface area contributed by atoms with Crippen LogP contribution in [0.1, 0.15) is 25.8 Å². The van der Waals surface area contributed by atoms with E-state index in [4.69, 9.17) is 14.5 Å². The van der Waals surface area contributed by atoms with E-state index in [-0.39, 0.29) is 24.0 Å². The number of fused-ring (bicyclic) bond motifs is 1. The van der Waals surface area contributed by atoms with E-state index in [0.29, 0.717) is 58.4 Å². The molecule has 1 aromatic carbocycles. The third-order valence-electron chi connectivity index (χ3n) is 5.22. The summed E-state index contributed by atoms with van der Waals surface area (Å²) in [5.41, 5.74) is 0.934. The molecule has 0 aliphatic carbocycles. The van der Waals surface area contributed by atoms with Crippen LogP contribution in [0.25, 0.3) is 0 Å². The van der Waals surface area contributed by atoms with E-state index in [2.05, 4.69) is 5.32 Å². The summed E-state index contributed by atoms with van der Waals surface area (Å²) >= 11 is 0. The van der Waals surface area contributed by atoms with Gasteiger partial charge in [0.15, 0.2) is 17.5 Å². The Morgan fingerprint density at radius 3 is 2.53 bits per heavy atom. The topological polar surface area (TPSA) is 49.3 Å². The summed E-state index contributed by atoms with van der Waals surface area (Å²) in [6, 6.07) is 4.34. The summed E-state index contributed by atoms with van der Waals surface area (Å²) in [5, 5.41) is 3.25. The van der Waals surface area contributed by atoms with Crippen LogP contribution in [0, 0.1) is 0 Å². The Hall–Kier alpha value is -1.43. The number of piperazine rings is 1. The van der Waals surface area contributed by atoms with Crippen LogP contribution in [0.2, 0.25) is 0 Å². The molecule has 1 fully saturated rings. The summed E-state index contributed by atoms with van der Waals surface area (Å²) in [4.78, 5) is 8.21. The maximum Gasteiger partial charge on any atom is 0.403 e. The van der Waals surface area contributed by atoms with Crippen LogP contribution in [-0.2, 0) is 6.54 Å². The highest BCUT2D eigenvalue weighted by molar-refractivity contribution is 14.0. The predicted molar refractivity (Wildman–Crippen MR) is 121 cm³/mol. The Kier molecular flexibility index (Phi) is 9.32. The molecule has 1 unspecified atom stereocenters. The lowest BCUT2D eigenvalue weighted by molar-refractivity contribution is -0.181. The highest BCUT2D eigenvalue weighted by atomic mass is 127. The molecule has 2 heterocycles. The maximum absolute atomic E-state index is 13.0. The van der Waals surface area contributed by atoms with E-state index in [9.17, 15) is 13.2 Å². The average molecular weight is 542 g/mol. The first-order chi connectivity index (χ1) is 13.9. The molecule has 0 bridgehead atoms. The smallest absolute Gasteiger partial charge is 0.403 e. The van der Waals surface area contributed by atoms with Gasteiger partial charge in [-0.3, -0.25) is 4.90 Å². The molecular weight excluding hydrogens is 512 g/mol. The Morgan fingerprint density at radius 1 is 1.17 bits per heavy atom. The minimum atomic E-state index is -4.20.